The molecule has 3 nitrogen and oxygen atoms in total. The van der Waals surface area contributed by atoms with Gasteiger partial charge in [0.2, 0.25) is 11.6 Å². The highest BCUT2D eigenvalue weighted by Gasteiger charge is 2.17. The zero-order chi connectivity index (χ0) is 10.7. The van der Waals surface area contributed by atoms with E-state index in [0.29, 0.717) is 0 Å². The Morgan fingerprint density at radius 2 is 2.00 bits per heavy atom. The van der Waals surface area contributed by atoms with Gasteiger partial charge in [0, 0.05) is 6.92 Å². The maximum atomic E-state index is 13.3. The van der Waals surface area contributed by atoms with Crippen LogP contribution >= 0.6 is 0 Å². The Kier molecular flexibility index (Phi) is 3.01. The van der Waals surface area contributed by atoms with Crippen LogP contribution < -0.4 is 9.47 Å². The molecule has 0 saturated heterocycles. The van der Waals surface area contributed by atoms with Crippen LogP contribution in [-0.2, 0) is 4.79 Å². The molecule has 1 aromatic rings. The summed E-state index contributed by atoms with van der Waals surface area (Å²) < 4.78 is 35.1. The van der Waals surface area contributed by atoms with E-state index in [1.54, 1.807) is 0 Å². The lowest BCUT2D eigenvalue weighted by atomic mass is 10.3. The number of halogens is 2. The first-order chi connectivity index (χ1) is 6.56. The van der Waals surface area contributed by atoms with Crippen molar-refractivity contribution in [1.82, 2.24) is 0 Å². The number of benzene rings is 1. The Hall–Kier alpha value is -1.65. The molecule has 0 aliphatic carbocycles. The van der Waals surface area contributed by atoms with Gasteiger partial charge in [-0.3, -0.25) is 4.79 Å². The molecule has 0 heterocycles. The number of rotatable bonds is 2. The number of esters is 1. The molecular formula is C9H8F2O3. The average Bonchev–Trinajstić information content (AvgIpc) is 2.12. The Bertz CT molecular complexity index is 363. The summed E-state index contributed by atoms with van der Waals surface area (Å²) in [7, 11) is 1.23. The van der Waals surface area contributed by atoms with Crippen LogP contribution in [0.5, 0.6) is 11.5 Å². The Morgan fingerprint density at radius 1 is 1.36 bits per heavy atom. The first-order valence-corrected chi connectivity index (χ1v) is 3.76. The summed E-state index contributed by atoms with van der Waals surface area (Å²) in [5, 5.41) is 0. The maximum Gasteiger partial charge on any atom is 0.308 e. The van der Waals surface area contributed by atoms with E-state index in [0.717, 1.165) is 19.1 Å². The van der Waals surface area contributed by atoms with Crippen molar-refractivity contribution in [2.24, 2.45) is 0 Å². The fraction of sp³-hybridized carbons (Fsp3) is 0.222. The van der Waals surface area contributed by atoms with E-state index in [1.165, 1.54) is 7.11 Å². The molecule has 0 bridgehead atoms. The van der Waals surface area contributed by atoms with Crippen molar-refractivity contribution in [2.75, 3.05) is 7.11 Å². The summed E-state index contributed by atoms with van der Waals surface area (Å²) in [4.78, 5) is 10.5. The lowest BCUT2D eigenvalue weighted by Crippen LogP contribution is -2.06. The number of hydrogen-bond acceptors (Lipinski definition) is 3. The number of ether oxygens (including phenoxy) is 2. The van der Waals surface area contributed by atoms with Gasteiger partial charge in [-0.15, -0.1) is 0 Å². The molecule has 0 atom stereocenters. The van der Waals surface area contributed by atoms with Crippen molar-refractivity contribution in [3.05, 3.63) is 23.8 Å². The third kappa shape index (κ3) is 1.99. The van der Waals surface area contributed by atoms with Crippen LogP contribution in [0, 0.1) is 11.6 Å². The first-order valence-electron chi connectivity index (χ1n) is 3.76. The summed E-state index contributed by atoms with van der Waals surface area (Å²) in [6.07, 6.45) is 0. The molecule has 14 heavy (non-hydrogen) atoms. The molecule has 0 aromatic heterocycles. The third-order valence-electron chi connectivity index (χ3n) is 1.48. The number of methoxy groups -OCH3 is 1. The van der Waals surface area contributed by atoms with Gasteiger partial charge in [0.1, 0.15) is 0 Å². The molecule has 5 heteroatoms. The predicted octanol–water partition coefficient (Wildman–Crippen LogP) is 1.90. The third-order valence-corrected chi connectivity index (χ3v) is 1.48. The molecule has 0 radical (unpaired) electrons. The van der Waals surface area contributed by atoms with Crippen molar-refractivity contribution < 1.29 is 23.0 Å². The highest BCUT2D eigenvalue weighted by molar-refractivity contribution is 5.69. The Labute approximate surface area is 79.2 Å². The van der Waals surface area contributed by atoms with Gasteiger partial charge in [-0.05, 0) is 12.1 Å². The lowest BCUT2D eigenvalue weighted by Gasteiger charge is -2.07. The fourth-order valence-electron chi connectivity index (χ4n) is 0.909. The van der Waals surface area contributed by atoms with Gasteiger partial charge in [0.25, 0.3) is 0 Å². The van der Waals surface area contributed by atoms with Gasteiger partial charge >= 0.3 is 5.97 Å². The normalized spacial score (nSPS) is 9.71. The van der Waals surface area contributed by atoms with Gasteiger partial charge in [0.15, 0.2) is 11.6 Å². The van der Waals surface area contributed by atoms with Crippen molar-refractivity contribution in [2.45, 2.75) is 6.92 Å². The smallest absolute Gasteiger partial charge is 0.308 e. The van der Waals surface area contributed by atoms with Crippen LogP contribution in [0.15, 0.2) is 12.1 Å². The molecule has 1 aromatic carbocycles. The zero-order valence-corrected chi connectivity index (χ0v) is 7.64. The van der Waals surface area contributed by atoms with Gasteiger partial charge in [-0.2, -0.15) is 4.39 Å². The van der Waals surface area contributed by atoms with Gasteiger partial charge in [-0.1, -0.05) is 0 Å². The Morgan fingerprint density at radius 3 is 2.50 bits per heavy atom. The Balaban J connectivity index is 3.18. The molecule has 0 aliphatic heterocycles. The number of carbonyl (C=O) groups is 1. The molecule has 0 aliphatic rings. The molecule has 0 N–H and O–H groups in total. The number of carbonyl (C=O) groups excluding carboxylic acids is 1. The van der Waals surface area contributed by atoms with Gasteiger partial charge in [0.05, 0.1) is 7.11 Å². The molecule has 0 amide bonds. The van der Waals surface area contributed by atoms with Gasteiger partial charge in [-0.25, -0.2) is 4.39 Å². The van der Waals surface area contributed by atoms with Crippen molar-refractivity contribution in [3.63, 3.8) is 0 Å². The van der Waals surface area contributed by atoms with Crippen molar-refractivity contribution in [1.29, 1.82) is 0 Å². The second-order valence-electron chi connectivity index (χ2n) is 2.49. The zero-order valence-electron chi connectivity index (χ0n) is 7.64. The fourth-order valence-corrected chi connectivity index (χ4v) is 0.909. The predicted molar refractivity (Wildman–Crippen MR) is 44.2 cm³/mol. The maximum absolute atomic E-state index is 13.3. The topological polar surface area (TPSA) is 35.5 Å². The minimum absolute atomic E-state index is 0.178. The largest absolute Gasteiger partial charge is 0.494 e. The molecular weight excluding hydrogens is 194 g/mol. The van der Waals surface area contributed by atoms with Crippen LogP contribution in [0.25, 0.3) is 0 Å². The first kappa shape index (κ1) is 10.4. The van der Waals surface area contributed by atoms with Crippen molar-refractivity contribution in [3.8, 4) is 11.5 Å². The molecule has 0 spiro atoms. The second kappa shape index (κ2) is 4.04. The molecule has 0 saturated carbocycles. The van der Waals surface area contributed by atoms with E-state index in [-0.39, 0.29) is 5.75 Å². The van der Waals surface area contributed by atoms with E-state index in [1.807, 2.05) is 0 Å². The summed E-state index contributed by atoms with van der Waals surface area (Å²) in [5.74, 6) is -3.68. The summed E-state index contributed by atoms with van der Waals surface area (Å²) in [6, 6.07) is 2.07. The minimum atomic E-state index is -1.03. The van der Waals surface area contributed by atoms with Gasteiger partial charge < -0.3 is 9.47 Å². The van der Waals surface area contributed by atoms with E-state index >= 15 is 0 Å². The van der Waals surface area contributed by atoms with Crippen molar-refractivity contribution >= 4 is 5.97 Å². The quantitative estimate of drug-likeness (QED) is 0.542. The van der Waals surface area contributed by atoms with E-state index in [4.69, 9.17) is 0 Å². The SMILES string of the molecule is COc1ccc(F)c(OC(C)=O)c1F. The molecule has 76 valence electrons. The van der Waals surface area contributed by atoms with Crippen LogP contribution in [0.4, 0.5) is 8.78 Å². The number of hydrogen-bond donors (Lipinski definition) is 0. The van der Waals surface area contributed by atoms with Crippen LogP contribution in [0.3, 0.4) is 0 Å². The van der Waals surface area contributed by atoms with E-state index < -0.39 is 23.4 Å². The molecule has 1 rings (SSSR count). The van der Waals surface area contributed by atoms with E-state index in [2.05, 4.69) is 9.47 Å². The van der Waals surface area contributed by atoms with E-state index in [9.17, 15) is 13.6 Å². The highest BCUT2D eigenvalue weighted by Crippen LogP contribution is 2.29. The van der Waals surface area contributed by atoms with Crippen LogP contribution in [0.1, 0.15) is 6.92 Å². The summed E-state index contributed by atoms with van der Waals surface area (Å²) in [5.41, 5.74) is 0. The van der Waals surface area contributed by atoms with Crippen LogP contribution in [0.2, 0.25) is 0 Å². The monoisotopic (exact) mass is 202 g/mol. The lowest BCUT2D eigenvalue weighted by molar-refractivity contribution is -0.132. The minimum Gasteiger partial charge on any atom is -0.494 e. The summed E-state index contributed by atoms with van der Waals surface area (Å²) >= 11 is 0. The molecule has 0 unspecified atom stereocenters. The van der Waals surface area contributed by atoms with Crippen LogP contribution in [-0.4, -0.2) is 13.1 Å². The standard InChI is InChI=1S/C9H8F2O3/c1-5(12)14-9-6(10)3-4-7(13-2)8(9)11/h3-4H,1-2H3. The molecule has 0 fully saturated rings. The summed E-state index contributed by atoms with van der Waals surface area (Å²) in [6.45, 7) is 1.05. The second-order valence-corrected chi connectivity index (χ2v) is 2.49. The highest BCUT2D eigenvalue weighted by atomic mass is 19.1. The average molecular weight is 202 g/mol.